The van der Waals surface area contributed by atoms with Crippen LogP contribution in [-0.2, 0) is 9.59 Å². The molecule has 107 valence electrons. The van der Waals surface area contributed by atoms with E-state index in [0.717, 1.165) is 12.1 Å². The molecule has 1 radical (unpaired) electrons. The molecule has 3 amide bonds. The molecule has 0 aromatic heterocycles. The fourth-order valence-corrected chi connectivity index (χ4v) is 1.47. The van der Waals surface area contributed by atoms with Gasteiger partial charge in [-0.25, -0.2) is 4.39 Å². The third kappa shape index (κ3) is 5.47. The van der Waals surface area contributed by atoms with Gasteiger partial charge in [-0.1, -0.05) is 6.92 Å². The summed E-state index contributed by atoms with van der Waals surface area (Å²) >= 11 is 0. The van der Waals surface area contributed by atoms with E-state index in [2.05, 4.69) is 10.9 Å². The highest BCUT2D eigenvalue weighted by Gasteiger charge is 2.13. The van der Waals surface area contributed by atoms with Gasteiger partial charge in [0.1, 0.15) is 5.82 Å². The Labute approximate surface area is 115 Å². The number of benzene rings is 1. The number of rotatable bonds is 5. The van der Waals surface area contributed by atoms with Gasteiger partial charge in [-0.2, -0.15) is 0 Å². The largest absolute Gasteiger partial charge is 0.370 e. The van der Waals surface area contributed by atoms with E-state index in [-0.39, 0.29) is 17.9 Å². The average molecular weight is 280 g/mol. The normalized spacial score (nSPS) is 11.5. The Morgan fingerprint density at radius 3 is 2.40 bits per heavy atom. The van der Waals surface area contributed by atoms with Crippen LogP contribution in [0.1, 0.15) is 23.7 Å². The van der Waals surface area contributed by atoms with Gasteiger partial charge in [0.2, 0.25) is 11.8 Å². The lowest BCUT2D eigenvalue weighted by Crippen LogP contribution is -2.42. The molecule has 0 aliphatic heterocycles. The molecule has 0 spiro atoms. The lowest BCUT2D eigenvalue weighted by atomic mass is 10.0. The molecule has 1 aromatic rings. The maximum Gasteiger partial charge on any atom is 0.269 e. The van der Waals surface area contributed by atoms with Gasteiger partial charge < -0.3 is 5.73 Å². The minimum absolute atomic E-state index is 0.0410. The minimum atomic E-state index is -0.575. The fourth-order valence-electron chi connectivity index (χ4n) is 1.47. The summed E-state index contributed by atoms with van der Waals surface area (Å²) in [5.74, 6) is -2.45. The quantitative estimate of drug-likeness (QED) is 0.676. The molecule has 0 unspecified atom stereocenters. The van der Waals surface area contributed by atoms with Gasteiger partial charge in [0.15, 0.2) is 0 Å². The number of hydrogen-bond acceptors (Lipinski definition) is 3. The van der Waals surface area contributed by atoms with Crippen molar-refractivity contribution in [2.45, 2.75) is 13.3 Å². The number of primary amides is 1. The van der Waals surface area contributed by atoms with E-state index in [1.165, 1.54) is 18.6 Å². The first-order valence-corrected chi connectivity index (χ1v) is 5.87. The van der Waals surface area contributed by atoms with Crippen LogP contribution in [0.15, 0.2) is 24.3 Å². The van der Waals surface area contributed by atoms with E-state index in [1.807, 2.05) is 0 Å². The molecule has 0 bridgehead atoms. The van der Waals surface area contributed by atoms with Crippen LogP contribution in [0.3, 0.4) is 0 Å². The Bertz CT molecular complexity index is 502. The van der Waals surface area contributed by atoms with Crippen LogP contribution in [0.4, 0.5) is 4.39 Å². The van der Waals surface area contributed by atoms with Gasteiger partial charge >= 0.3 is 0 Å². The molecule has 0 aliphatic carbocycles. The average Bonchev–Trinajstić information content (AvgIpc) is 2.35. The molecule has 4 N–H and O–H groups in total. The first-order chi connectivity index (χ1) is 9.38. The third-order valence-electron chi connectivity index (χ3n) is 2.36. The van der Waals surface area contributed by atoms with E-state index in [4.69, 9.17) is 5.73 Å². The molecule has 1 aromatic carbocycles. The predicted octanol–water partition coefficient (Wildman–Crippen LogP) is 0.302. The Balaban J connectivity index is 2.39. The zero-order valence-corrected chi connectivity index (χ0v) is 10.9. The highest BCUT2D eigenvalue weighted by Crippen LogP contribution is 2.05. The lowest BCUT2D eigenvalue weighted by molar-refractivity contribution is -0.120. The summed E-state index contributed by atoms with van der Waals surface area (Å²) in [5.41, 5.74) is 9.52. The topological polar surface area (TPSA) is 101 Å². The standard InChI is InChI=1S/C13H15FN3O3/c1-8(6-11(15)18)7-12(19)16-17-13(20)9-2-4-10(14)5-3-9/h2-5,7-8H,6H2,1H3,(H2,15,18)(H,16,19)(H,17,20)/t8-/m1/s1. The predicted molar refractivity (Wildman–Crippen MR) is 69.3 cm³/mol. The van der Waals surface area contributed by atoms with Gasteiger partial charge in [-0.15, -0.1) is 0 Å². The van der Waals surface area contributed by atoms with Crippen molar-refractivity contribution in [1.82, 2.24) is 10.9 Å². The van der Waals surface area contributed by atoms with Gasteiger partial charge in [0, 0.05) is 12.0 Å². The van der Waals surface area contributed by atoms with Crippen LogP contribution in [0, 0.1) is 18.2 Å². The van der Waals surface area contributed by atoms with Gasteiger partial charge in [0.25, 0.3) is 5.91 Å². The Morgan fingerprint density at radius 1 is 1.25 bits per heavy atom. The summed E-state index contributed by atoms with van der Waals surface area (Å²) in [6.07, 6.45) is 1.27. The van der Waals surface area contributed by atoms with Gasteiger partial charge in [-0.3, -0.25) is 25.2 Å². The highest BCUT2D eigenvalue weighted by atomic mass is 19.1. The van der Waals surface area contributed by atoms with Crippen molar-refractivity contribution in [1.29, 1.82) is 0 Å². The molecule has 0 saturated carbocycles. The summed E-state index contributed by atoms with van der Waals surface area (Å²) in [6.45, 7) is 1.64. The fraction of sp³-hybridized carbons (Fsp3) is 0.231. The number of hydrazine groups is 1. The molecule has 0 aliphatic rings. The van der Waals surface area contributed by atoms with Crippen molar-refractivity contribution in [3.8, 4) is 0 Å². The first-order valence-electron chi connectivity index (χ1n) is 5.87. The van der Waals surface area contributed by atoms with Crippen LogP contribution >= 0.6 is 0 Å². The Kier molecular flexibility index (Phi) is 5.64. The van der Waals surface area contributed by atoms with Crippen molar-refractivity contribution < 1.29 is 18.8 Å². The van der Waals surface area contributed by atoms with Crippen molar-refractivity contribution in [2.75, 3.05) is 0 Å². The van der Waals surface area contributed by atoms with Gasteiger partial charge in [-0.05, 0) is 30.2 Å². The molecule has 20 heavy (non-hydrogen) atoms. The Morgan fingerprint density at radius 2 is 1.85 bits per heavy atom. The van der Waals surface area contributed by atoms with Crippen LogP contribution in [0.2, 0.25) is 0 Å². The maximum atomic E-state index is 12.7. The third-order valence-corrected chi connectivity index (χ3v) is 2.36. The summed E-state index contributed by atoms with van der Waals surface area (Å²) in [7, 11) is 0. The lowest BCUT2D eigenvalue weighted by Gasteiger charge is -2.10. The number of halogens is 1. The molecule has 0 fully saturated rings. The smallest absolute Gasteiger partial charge is 0.269 e. The number of hydrogen-bond donors (Lipinski definition) is 3. The first kappa shape index (κ1) is 15.6. The second-order valence-electron chi connectivity index (χ2n) is 4.26. The number of amides is 3. The minimum Gasteiger partial charge on any atom is -0.370 e. The molecular weight excluding hydrogens is 265 g/mol. The molecule has 1 rings (SSSR count). The molecule has 6 nitrogen and oxygen atoms in total. The molecule has 0 heterocycles. The number of nitrogens with one attached hydrogen (secondary N) is 2. The number of carbonyl (C=O) groups is 3. The molecule has 7 heteroatoms. The Hall–Kier alpha value is -2.44. The van der Waals surface area contributed by atoms with Crippen molar-refractivity contribution >= 4 is 17.7 Å². The summed E-state index contributed by atoms with van der Waals surface area (Å²) < 4.78 is 12.7. The van der Waals surface area contributed by atoms with E-state index in [1.54, 1.807) is 6.92 Å². The highest BCUT2D eigenvalue weighted by molar-refractivity contribution is 5.96. The van der Waals surface area contributed by atoms with Crippen LogP contribution in [0.5, 0.6) is 0 Å². The van der Waals surface area contributed by atoms with E-state index < -0.39 is 23.5 Å². The molecule has 0 saturated heterocycles. The number of nitrogens with two attached hydrogens (primary N) is 1. The summed E-state index contributed by atoms with van der Waals surface area (Å²) in [4.78, 5) is 33.7. The zero-order valence-electron chi connectivity index (χ0n) is 10.9. The monoisotopic (exact) mass is 280 g/mol. The van der Waals surface area contributed by atoms with Crippen LogP contribution in [0.25, 0.3) is 0 Å². The van der Waals surface area contributed by atoms with Crippen LogP contribution in [-0.4, -0.2) is 17.7 Å². The van der Waals surface area contributed by atoms with Crippen molar-refractivity contribution in [3.05, 3.63) is 42.1 Å². The second kappa shape index (κ2) is 7.22. The molecule has 1 atom stereocenters. The van der Waals surface area contributed by atoms with Crippen LogP contribution < -0.4 is 16.6 Å². The number of carbonyl (C=O) groups excluding carboxylic acids is 3. The SMILES string of the molecule is C[C@@H]([CH]C(=O)NNC(=O)c1ccc(F)cc1)CC(N)=O. The van der Waals surface area contributed by atoms with Crippen molar-refractivity contribution in [3.63, 3.8) is 0 Å². The maximum absolute atomic E-state index is 12.7. The molecular formula is C13H15FN3O3. The summed E-state index contributed by atoms with van der Waals surface area (Å²) in [5, 5.41) is 0. The van der Waals surface area contributed by atoms with Gasteiger partial charge in [0.05, 0.1) is 6.42 Å². The van der Waals surface area contributed by atoms with E-state index in [9.17, 15) is 18.8 Å². The summed E-state index contributed by atoms with van der Waals surface area (Å²) in [6, 6.07) is 4.85. The second-order valence-corrected chi connectivity index (χ2v) is 4.26. The van der Waals surface area contributed by atoms with E-state index in [0.29, 0.717) is 0 Å². The van der Waals surface area contributed by atoms with E-state index >= 15 is 0 Å². The zero-order chi connectivity index (χ0) is 15.1. The van der Waals surface area contributed by atoms with Crippen molar-refractivity contribution in [2.24, 2.45) is 11.7 Å².